The van der Waals surface area contributed by atoms with Crippen LogP contribution in [0.2, 0.25) is 0 Å². The van der Waals surface area contributed by atoms with Gasteiger partial charge in [0, 0.05) is 6.92 Å². The molecule has 0 aromatic heterocycles. The summed E-state index contributed by atoms with van der Waals surface area (Å²) in [5, 5.41) is 0. The van der Waals surface area contributed by atoms with Crippen LogP contribution in [0.25, 0.3) is 0 Å². The van der Waals surface area contributed by atoms with Gasteiger partial charge in [0.2, 0.25) is 0 Å². The number of hydrogen-bond donors (Lipinski definition) is 0. The van der Waals surface area contributed by atoms with E-state index in [1.54, 1.807) is 6.92 Å². The van der Waals surface area contributed by atoms with E-state index < -0.39 is 28.6 Å². The first-order chi connectivity index (χ1) is 8.46. The first-order valence-electron chi connectivity index (χ1n) is 5.17. The van der Waals surface area contributed by atoms with Crippen LogP contribution in [0.15, 0.2) is 29.2 Å². The summed E-state index contributed by atoms with van der Waals surface area (Å²) < 4.78 is 77.8. The molecule has 0 fully saturated rings. The molecule has 0 aliphatic heterocycles. The van der Waals surface area contributed by atoms with Gasteiger partial charge in [-0.3, -0.25) is 4.18 Å². The van der Waals surface area contributed by atoms with Gasteiger partial charge >= 0.3 is 11.8 Å². The number of alkyl halides is 4. The summed E-state index contributed by atoms with van der Waals surface area (Å²) in [4.78, 5) is -0.367. The van der Waals surface area contributed by atoms with E-state index in [1.165, 1.54) is 12.1 Å². The lowest BCUT2D eigenvalue weighted by molar-refractivity contribution is -0.210. The van der Waals surface area contributed by atoms with E-state index in [2.05, 4.69) is 4.18 Å². The molecule has 0 bridgehead atoms. The van der Waals surface area contributed by atoms with Gasteiger partial charge in [-0.15, -0.1) is 0 Å². The number of hydrogen-bond acceptors (Lipinski definition) is 3. The number of aryl methyl sites for hydroxylation is 1. The largest absolute Gasteiger partial charge is 0.334 e. The Balaban J connectivity index is 2.85. The summed E-state index contributed by atoms with van der Waals surface area (Å²) >= 11 is 0. The minimum atomic E-state index is -4.56. The van der Waals surface area contributed by atoms with Gasteiger partial charge in [0.25, 0.3) is 10.1 Å². The molecule has 0 amide bonds. The molecule has 0 radical (unpaired) electrons. The summed E-state index contributed by atoms with van der Waals surface area (Å²) in [7, 11) is -4.48. The Hall–Kier alpha value is -1.15. The van der Waals surface area contributed by atoms with Crippen LogP contribution in [0.4, 0.5) is 17.6 Å². The molecular weight excluding hydrogens is 288 g/mol. The Labute approximate surface area is 108 Å². The Morgan fingerprint density at radius 2 is 1.58 bits per heavy atom. The normalized spacial score (nSPS) is 13.6. The maximum atomic E-state index is 12.9. The van der Waals surface area contributed by atoms with Crippen LogP contribution < -0.4 is 0 Å². The summed E-state index contributed by atoms with van der Waals surface area (Å²) in [6.07, 6.45) is 0. The van der Waals surface area contributed by atoms with E-state index in [9.17, 15) is 26.0 Å². The highest BCUT2D eigenvalue weighted by atomic mass is 32.2. The molecule has 19 heavy (non-hydrogen) atoms. The predicted octanol–water partition coefficient (Wildman–Crippen LogP) is 2.99. The van der Waals surface area contributed by atoms with E-state index in [-0.39, 0.29) is 11.8 Å². The second kappa shape index (κ2) is 5.09. The molecule has 3 nitrogen and oxygen atoms in total. The predicted molar refractivity (Wildman–Crippen MR) is 59.9 cm³/mol. The van der Waals surface area contributed by atoms with E-state index in [1.807, 2.05) is 0 Å². The van der Waals surface area contributed by atoms with Crippen LogP contribution in [0.5, 0.6) is 0 Å². The quantitative estimate of drug-likeness (QED) is 0.620. The van der Waals surface area contributed by atoms with E-state index in [0.29, 0.717) is 0 Å². The Morgan fingerprint density at radius 3 is 2.00 bits per heavy atom. The van der Waals surface area contributed by atoms with Gasteiger partial charge in [-0.05, 0) is 19.1 Å². The molecule has 0 saturated carbocycles. The minimum absolute atomic E-state index is 0.00510. The number of rotatable bonds is 5. The standard InChI is InChI=1S/C11H12F4O3S/c1-8-3-5-9(6-4-8)19(16,17)18-7-11(14,15)10(2,12)13/h3-6H,7H2,1-2H3. The van der Waals surface area contributed by atoms with Crippen molar-refractivity contribution >= 4 is 10.1 Å². The van der Waals surface area contributed by atoms with Gasteiger partial charge in [0.05, 0.1) is 4.90 Å². The van der Waals surface area contributed by atoms with Crippen LogP contribution in [-0.2, 0) is 14.3 Å². The van der Waals surface area contributed by atoms with Crippen LogP contribution in [-0.4, -0.2) is 26.9 Å². The fraction of sp³-hybridized carbons (Fsp3) is 0.455. The van der Waals surface area contributed by atoms with Gasteiger partial charge in [-0.2, -0.15) is 17.2 Å². The molecule has 0 atom stereocenters. The van der Waals surface area contributed by atoms with Crippen molar-refractivity contribution in [2.75, 3.05) is 6.61 Å². The summed E-state index contributed by atoms with van der Waals surface area (Å²) in [5.41, 5.74) is 0.754. The van der Waals surface area contributed by atoms with Gasteiger partial charge in [-0.25, -0.2) is 8.78 Å². The molecule has 0 N–H and O–H groups in total. The molecule has 0 heterocycles. The SMILES string of the molecule is Cc1ccc(S(=O)(=O)OCC(F)(F)C(C)(F)F)cc1. The lowest BCUT2D eigenvalue weighted by Crippen LogP contribution is -2.42. The molecule has 1 rings (SSSR count). The van der Waals surface area contributed by atoms with Gasteiger partial charge in [-0.1, -0.05) is 17.7 Å². The Kier molecular flexibility index (Phi) is 4.26. The second-order valence-corrected chi connectivity index (χ2v) is 5.74. The average Bonchev–Trinajstić information content (AvgIpc) is 2.26. The fourth-order valence-corrected chi connectivity index (χ4v) is 1.96. The Morgan fingerprint density at radius 1 is 1.11 bits per heavy atom. The molecule has 0 aliphatic carbocycles. The third-order valence-corrected chi connectivity index (χ3v) is 3.62. The van der Waals surface area contributed by atoms with Crippen LogP contribution >= 0.6 is 0 Å². The number of halogens is 4. The summed E-state index contributed by atoms with van der Waals surface area (Å²) in [6.45, 7) is -0.218. The van der Waals surface area contributed by atoms with Crippen LogP contribution in [0.3, 0.4) is 0 Å². The van der Waals surface area contributed by atoms with Crippen molar-refractivity contribution in [1.29, 1.82) is 0 Å². The highest BCUT2D eigenvalue weighted by molar-refractivity contribution is 7.86. The van der Waals surface area contributed by atoms with Gasteiger partial charge < -0.3 is 0 Å². The molecule has 0 spiro atoms. The Bertz CT molecular complexity index is 532. The van der Waals surface area contributed by atoms with Crippen molar-refractivity contribution in [3.8, 4) is 0 Å². The summed E-state index contributed by atoms with van der Waals surface area (Å²) in [5.74, 6) is -8.93. The highest BCUT2D eigenvalue weighted by Crippen LogP contribution is 2.34. The van der Waals surface area contributed by atoms with E-state index in [4.69, 9.17) is 0 Å². The number of benzene rings is 1. The maximum Gasteiger partial charge on any atom is 0.334 e. The average molecular weight is 300 g/mol. The zero-order valence-corrected chi connectivity index (χ0v) is 11.0. The fourth-order valence-electron chi connectivity index (χ4n) is 1.05. The van der Waals surface area contributed by atoms with E-state index >= 15 is 0 Å². The lowest BCUT2D eigenvalue weighted by Gasteiger charge is -2.22. The molecule has 0 saturated heterocycles. The molecule has 1 aromatic carbocycles. The molecule has 1 aromatic rings. The molecular formula is C11H12F4O3S. The topological polar surface area (TPSA) is 43.4 Å². The first kappa shape index (κ1) is 15.9. The lowest BCUT2D eigenvalue weighted by atomic mass is 10.2. The van der Waals surface area contributed by atoms with Gasteiger partial charge in [0.15, 0.2) is 0 Å². The van der Waals surface area contributed by atoms with Crippen molar-refractivity contribution in [1.82, 2.24) is 0 Å². The third kappa shape index (κ3) is 3.90. The summed E-state index contributed by atoms with van der Waals surface area (Å²) in [6, 6.07) is 5.16. The molecule has 108 valence electrons. The van der Waals surface area contributed by atoms with Crippen molar-refractivity contribution in [3.05, 3.63) is 29.8 Å². The highest BCUT2D eigenvalue weighted by Gasteiger charge is 2.53. The van der Waals surface area contributed by atoms with Crippen molar-refractivity contribution in [2.24, 2.45) is 0 Å². The van der Waals surface area contributed by atoms with Crippen LogP contribution in [0.1, 0.15) is 12.5 Å². The second-order valence-electron chi connectivity index (χ2n) is 4.12. The monoisotopic (exact) mass is 300 g/mol. The maximum absolute atomic E-state index is 12.9. The minimum Gasteiger partial charge on any atom is -0.260 e. The third-order valence-electron chi connectivity index (χ3n) is 2.35. The van der Waals surface area contributed by atoms with Crippen molar-refractivity contribution in [2.45, 2.75) is 30.6 Å². The molecule has 8 heteroatoms. The molecule has 0 unspecified atom stereocenters. The van der Waals surface area contributed by atoms with E-state index in [0.717, 1.165) is 17.7 Å². The van der Waals surface area contributed by atoms with Crippen molar-refractivity contribution < 1.29 is 30.2 Å². The van der Waals surface area contributed by atoms with Crippen LogP contribution in [0, 0.1) is 6.92 Å². The van der Waals surface area contributed by atoms with Crippen molar-refractivity contribution in [3.63, 3.8) is 0 Å². The van der Waals surface area contributed by atoms with Gasteiger partial charge in [0.1, 0.15) is 6.61 Å². The first-order valence-corrected chi connectivity index (χ1v) is 6.58. The zero-order valence-electron chi connectivity index (χ0n) is 10.2. The molecule has 0 aliphatic rings. The zero-order chi connectivity index (χ0) is 14.9. The smallest absolute Gasteiger partial charge is 0.260 e.